The second-order valence-electron chi connectivity index (χ2n) is 4.17. The van der Waals surface area contributed by atoms with Crippen LogP contribution < -0.4 is 10.0 Å². The van der Waals surface area contributed by atoms with Crippen LogP contribution in [0.5, 0.6) is 0 Å². The molecule has 108 valence electrons. The van der Waals surface area contributed by atoms with E-state index in [4.69, 9.17) is 5.73 Å². The quantitative estimate of drug-likeness (QED) is 0.770. The fourth-order valence-electron chi connectivity index (χ4n) is 1.60. The van der Waals surface area contributed by atoms with Crippen LogP contribution in [0.15, 0.2) is 24.3 Å². The third-order valence-corrected chi connectivity index (χ3v) is 5.59. The Morgan fingerprint density at radius 1 is 1.11 bits per heavy atom. The lowest BCUT2D eigenvalue weighted by Gasteiger charge is -2.24. The molecule has 0 aliphatic carbocycles. The van der Waals surface area contributed by atoms with E-state index in [0.29, 0.717) is 11.4 Å². The first-order valence-corrected chi connectivity index (χ1v) is 9.37. The number of nitrogens with zero attached hydrogens (tertiary/aromatic N) is 1. The van der Waals surface area contributed by atoms with Crippen molar-refractivity contribution in [3.8, 4) is 0 Å². The lowest BCUT2D eigenvalue weighted by molar-refractivity contribution is 0.587. The Bertz CT molecular complexity index is 638. The molecule has 0 atom stereocenters. The van der Waals surface area contributed by atoms with Crippen molar-refractivity contribution in [2.24, 2.45) is 0 Å². The van der Waals surface area contributed by atoms with Gasteiger partial charge in [-0.1, -0.05) is 12.1 Å². The first kappa shape index (κ1) is 15.8. The molecular weight excluding hydrogens is 288 g/mol. The van der Waals surface area contributed by atoms with E-state index < -0.39 is 31.4 Å². The van der Waals surface area contributed by atoms with Gasteiger partial charge in [0.15, 0.2) is 0 Å². The van der Waals surface area contributed by atoms with Crippen LogP contribution in [-0.4, -0.2) is 41.1 Å². The molecule has 0 aromatic heterocycles. The van der Waals surface area contributed by atoms with Crippen LogP contribution in [0.3, 0.4) is 0 Å². The van der Waals surface area contributed by atoms with E-state index >= 15 is 0 Å². The first-order chi connectivity index (χ1) is 8.67. The molecule has 0 unspecified atom stereocenters. The second-order valence-corrected chi connectivity index (χ2v) is 8.44. The minimum Gasteiger partial charge on any atom is -0.397 e. The van der Waals surface area contributed by atoms with Crippen molar-refractivity contribution in [2.75, 3.05) is 34.3 Å². The minimum atomic E-state index is -3.71. The van der Waals surface area contributed by atoms with Crippen molar-refractivity contribution in [2.45, 2.75) is 6.92 Å². The number of nitrogens with two attached hydrogens (primary N) is 1. The molecule has 2 N–H and O–H groups in total. The Labute approximate surface area is 114 Å². The largest absolute Gasteiger partial charge is 0.397 e. The highest BCUT2D eigenvalue weighted by atomic mass is 32.2. The SMILES string of the molecule is CCN(c1ccccc1N)S(=O)(=O)CCS(C)(=O)=O. The van der Waals surface area contributed by atoms with E-state index in [1.165, 1.54) is 0 Å². The number of benzene rings is 1. The molecule has 0 bridgehead atoms. The summed E-state index contributed by atoms with van der Waals surface area (Å²) in [5.74, 6) is -0.855. The number of anilines is 2. The molecule has 0 amide bonds. The van der Waals surface area contributed by atoms with Gasteiger partial charge < -0.3 is 5.73 Å². The van der Waals surface area contributed by atoms with Gasteiger partial charge >= 0.3 is 0 Å². The predicted molar refractivity (Wildman–Crippen MR) is 77.4 cm³/mol. The summed E-state index contributed by atoms with van der Waals surface area (Å²) in [5.41, 5.74) is 6.46. The van der Waals surface area contributed by atoms with Crippen LogP contribution in [0.2, 0.25) is 0 Å². The normalized spacial score (nSPS) is 12.3. The van der Waals surface area contributed by atoms with E-state index in [1.807, 2.05) is 0 Å². The van der Waals surface area contributed by atoms with Gasteiger partial charge in [-0.3, -0.25) is 4.31 Å². The van der Waals surface area contributed by atoms with Gasteiger partial charge in [0.05, 0.1) is 22.9 Å². The molecular formula is C11H18N2O4S2. The van der Waals surface area contributed by atoms with Crippen molar-refractivity contribution >= 4 is 31.2 Å². The number of rotatable bonds is 6. The Balaban J connectivity index is 3.07. The van der Waals surface area contributed by atoms with Gasteiger partial charge in [0.2, 0.25) is 10.0 Å². The minimum absolute atomic E-state index is 0.195. The Hall–Kier alpha value is -1.28. The van der Waals surface area contributed by atoms with Crippen LogP contribution >= 0.6 is 0 Å². The molecule has 8 heteroatoms. The number of para-hydroxylation sites is 2. The zero-order valence-electron chi connectivity index (χ0n) is 10.9. The number of hydrogen-bond acceptors (Lipinski definition) is 5. The average Bonchev–Trinajstić information content (AvgIpc) is 2.29. The molecule has 6 nitrogen and oxygen atoms in total. The maximum Gasteiger partial charge on any atom is 0.236 e. The highest BCUT2D eigenvalue weighted by Gasteiger charge is 2.23. The van der Waals surface area contributed by atoms with Crippen LogP contribution in [-0.2, 0) is 19.9 Å². The standard InChI is InChI=1S/C11H18N2O4S2/c1-3-13(11-7-5-4-6-10(11)12)19(16,17)9-8-18(2,14)15/h4-7H,3,8-9,12H2,1-2H3. The molecule has 0 saturated heterocycles. The van der Waals surface area contributed by atoms with E-state index in [0.717, 1.165) is 10.6 Å². The summed E-state index contributed by atoms with van der Waals surface area (Å²) in [6.07, 6.45) is 1.01. The van der Waals surface area contributed by atoms with Crippen molar-refractivity contribution in [1.82, 2.24) is 0 Å². The molecule has 19 heavy (non-hydrogen) atoms. The summed E-state index contributed by atoms with van der Waals surface area (Å²) in [7, 11) is -7.04. The predicted octanol–water partition coefficient (Wildman–Crippen LogP) is 0.470. The zero-order chi connectivity index (χ0) is 14.7. The monoisotopic (exact) mass is 306 g/mol. The van der Waals surface area contributed by atoms with Crippen LogP contribution in [0, 0.1) is 0 Å². The van der Waals surface area contributed by atoms with Gasteiger partial charge in [-0.15, -0.1) is 0 Å². The summed E-state index contributed by atoms with van der Waals surface area (Å²) in [6, 6.07) is 6.58. The number of sulfonamides is 1. The summed E-state index contributed by atoms with van der Waals surface area (Å²) < 4.78 is 47.6. The van der Waals surface area contributed by atoms with E-state index in [1.54, 1.807) is 31.2 Å². The third kappa shape index (κ3) is 4.39. The lowest BCUT2D eigenvalue weighted by Crippen LogP contribution is -2.35. The van der Waals surface area contributed by atoms with Crippen LogP contribution in [0.25, 0.3) is 0 Å². The van der Waals surface area contributed by atoms with Crippen LogP contribution in [0.1, 0.15) is 6.92 Å². The molecule has 1 aromatic rings. The number of hydrogen-bond donors (Lipinski definition) is 1. The fourth-order valence-corrected chi connectivity index (χ4v) is 4.73. The highest BCUT2D eigenvalue weighted by molar-refractivity contribution is 7.95. The van der Waals surface area contributed by atoms with Gasteiger partial charge in [-0.05, 0) is 19.1 Å². The molecule has 0 aliphatic heterocycles. The highest BCUT2D eigenvalue weighted by Crippen LogP contribution is 2.25. The summed E-state index contributed by atoms with van der Waals surface area (Å²) in [4.78, 5) is 0. The average molecular weight is 306 g/mol. The number of sulfone groups is 1. The van der Waals surface area contributed by atoms with Crippen molar-refractivity contribution in [3.63, 3.8) is 0 Å². The molecule has 0 fully saturated rings. The summed E-state index contributed by atoms with van der Waals surface area (Å²) >= 11 is 0. The zero-order valence-corrected chi connectivity index (χ0v) is 12.5. The number of nitrogen functional groups attached to an aromatic ring is 1. The maximum absolute atomic E-state index is 12.2. The topological polar surface area (TPSA) is 97.5 Å². The molecule has 1 rings (SSSR count). The van der Waals surface area contributed by atoms with E-state index in [9.17, 15) is 16.8 Å². The molecule has 0 aliphatic rings. The smallest absolute Gasteiger partial charge is 0.236 e. The molecule has 0 spiro atoms. The van der Waals surface area contributed by atoms with Gasteiger partial charge in [0, 0.05) is 12.8 Å². The maximum atomic E-state index is 12.2. The molecule has 0 saturated carbocycles. The van der Waals surface area contributed by atoms with E-state index in [-0.39, 0.29) is 6.54 Å². The van der Waals surface area contributed by atoms with Gasteiger partial charge in [0.1, 0.15) is 9.84 Å². The molecule has 0 heterocycles. The fraction of sp³-hybridized carbons (Fsp3) is 0.455. The van der Waals surface area contributed by atoms with E-state index in [2.05, 4.69) is 0 Å². The molecule has 0 radical (unpaired) electrons. The lowest BCUT2D eigenvalue weighted by atomic mass is 10.3. The summed E-state index contributed by atoms with van der Waals surface area (Å²) in [5, 5.41) is 0. The van der Waals surface area contributed by atoms with Gasteiger partial charge in [0.25, 0.3) is 0 Å². The van der Waals surface area contributed by atoms with Crippen molar-refractivity contribution in [1.29, 1.82) is 0 Å². The van der Waals surface area contributed by atoms with Gasteiger partial charge in [-0.25, -0.2) is 16.8 Å². The van der Waals surface area contributed by atoms with Gasteiger partial charge in [-0.2, -0.15) is 0 Å². The molecule has 1 aromatic carbocycles. The van der Waals surface area contributed by atoms with Crippen molar-refractivity contribution in [3.05, 3.63) is 24.3 Å². The third-order valence-electron chi connectivity index (χ3n) is 2.54. The Morgan fingerprint density at radius 2 is 1.68 bits per heavy atom. The van der Waals surface area contributed by atoms with Crippen LogP contribution in [0.4, 0.5) is 11.4 Å². The first-order valence-electron chi connectivity index (χ1n) is 5.70. The van der Waals surface area contributed by atoms with Crippen molar-refractivity contribution < 1.29 is 16.8 Å². The Kier molecular flexibility index (Phi) is 4.81. The second kappa shape index (κ2) is 5.79. The Morgan fingerprint density at radius 3 is 2.16 bits per heavy atom. The summed E-state index contributed by atoms with van der Waals surface area (Å²) in [6.45, 7) is 1.87.